The van der Waals surface area contributed by atoms with Gasteiger partial charge in [-0.1, -0.05) is 12.1 Å². The van der Waals surface area contributed by atoms with Gasteiger partial charge in [-0.05, 0) is 87.9 Å². The van der Waals surface area contributed by atoms with Gasteiger partial charge >= 0.3 is 6.09 Å². The average Bonchev–Trinajstić information content (AvgIpc) is 3.16. The minimum atomic E-state index is -3.33. The lowest BCUT2D eigenvalue weighted by atomic mass is 9.91. The first-order chi connectivity index (χ1) is 17.4. The maximum absolute atomic E-state index is 12.3. The second kappa shape index (κ2) is 10.5. The number of sulfonamides is 1. The molecule has 0 radical (unpaired) electrons. The fraction of sp³-hybridized carbons (Fsp3) is 0.407. The summed E-state index contributed by atoms with van der Waals surface area (Å²) in [6, 6.07) is 13.0. The molecule has 1 aliphatic carbocycles. The van der Waals surface area contributed by atoms with Crippen LogP contribution >= 0.6 is 0 Å². The smallest absolute Gasteiger partial charge is 0.407 e. The molecule has 1 heterocycles. The molecule has 2 aromatic carbocycles. The van der Waals surface area contributed by atoms with Crippen molar-refractivity contribution in [2.45, 2.75) is 58.1 Å². The van der Waals surface area contributed by atoms with Crippen molar-refractivity contribution in [3.05, 3.63) is 59.3 Å². The fourth-order valence-corrected chi connectivity index (χ4v) is 5.19. The van der Waals surface area contributed by atoms with Gasteiger partial charge in [-0.25, -0.2) is 13.2 Å². The number of hydrogen-bond donors (Lipinski definition) is 3. The first kappa shape index (κ1) is 26.5. The number of amides is 2. The SMILES string of the molecule is CC(C)(C)OC(=O)NC1CCc2[nH]c3ccc(N(C=O)CCc4ccc(NS(C)(=O)=O)cc4)cc3c2C1. The highest BCUT2D eigenvalue weighted by Crippen LogP contribution is 2.32. The van der Waals surface area contributed by atoms with Crippen LogP contribution in [0.4, 0.5) is 16.2 Å². The van der Waals surface area contributed by atoms with E-state index in [-0.39, 0.29) is 6.04 Å². The summed E-state index contributed by atoms with van der Waals surface area (Å²) < 4.78 is 30.6. The Bertz CT molecular complexity index is 1390. The summed E-state index contributed by atoms with van der Waals surface area (Å²) in [4.78, 5) is 29.4. The van der Waals surface area contributed by atoms with E-state index in [0.29, 0.717) is 25.1 Å². The lowest BCUT2D eigenvalue weighted by molar-refractivity contribution is -0.107. The fourth-order valence-electron chi connectivity index (χ4n) is 4.63. The summed E-state index contributed by atoms with van der Waals surface area (Å²) in [6.07, 6.45) is 4.47. The maximum atomic E-state index is 12.3. The predicted molar refractivity (Wildman–Crippen MR) is 146 cm³/mol. The summed E-state index contributed by atoms with van der Waals surface area (Å²) in [5, 5.41) is 4.04. The highest BCUT2D eigenvalue weighted by atomic mass is 32.2. The minimum Gasteiger partial charge on any atom is -0.444 e. The molecule has 3 N–H and O–H groups in total. The van der Waals surface area contributed by atoms with Crippen molar-refractivity contribution in [2.24, 2.45) is 0 Å². The second-order valence-electron chi connectivity index (χ2n) is 10.5. The minimum absolute atomic E-state index is 0.0210. The number of alkyl carbamates (subject to hydrolysis) is 1. The van der Waals surface area contributed by atoms with Crippen molar-refractivity contribution < 1.29 is 22.7 Å². The van der Waals surface area contributed by atoms with E-state index < -0.39 is 21.7 Å². The molecule has 1 aliphatic rings. The molecule has 0 spiro atoms. The molecule has 0 bridgehead atoms. The van der Waals surface area contributed by atoms with Gasteiger partial charge in [0.1, 0.15) is 5.60 Å². The van der Waals surface area contributed by atoms with Crippen LogP contribution < -0.4 is 14.9 Å². The van der Waals surface area contributed by atoms with Gasteiger partial charge in [0.05, 0.1) is 6.26 Å². The molecule has 0 aliphatic heterocycles. The molecule has 0 saturated carbocycles. The molecule has 198 valence electrons. The topological polar surface area (TPSA) is 121 Å². The number of aromatic amines is 1. The number of nitrogens with one attached hydrogen (secondary N) is 3. The number of nitrogens with zero attached hydrogens (tertiary/aromatic N) is 1. The van der Waals surface area contributed by atoms with E-state index in [2.05, 4.69) is 15.0 Å². The van der Waals surface area contributed by atoms with E-state index in [9.17, 15) is 18.0 Å². The highest BCUT2D eigenvalue weighted by Gasteiger charge is 2.26. The molecule has 3 aromatic rings. The summed E-state index contributed by atoms with van der Waals surface area (Å²) in [5.41, 5.74) is 5.06. The van der Waals surface area contributed by atoms with Crippen LogP contribution in [0.1, 0.15) is 44.0 Å². The molecule has 4 rings (SSSR count). The first-order valence-electron chi connectivity index (χ1n) is 12.3. The number of hydrogen-bond acceptors (Lipinski definition) is 5. The second-order valence-corrected chi connectivity index (χ2v) is 12.3. The number of aryl methyl sites for hydroxylation is 1. The van der Waals surface area contributed by atoms with Crippen LogP contribution in [0.5, 0.6) is 0 Å². The van der Waals surface area contributed by atoms with Crippen LogP contribution in [0.25, 0.3) is 10.9 Å². The molecule has 1 unspecified atom stereocenters. The Morgan fingerprint density at radius 2 is 1.92 bits per heavy atom. The molecule has 2 amide bonds. The number of anilines is 2. The zero-order valence-corrected chi connectivity index (χ0v) is 22.4. The zero-order valence-electron chi connectivity index (χ0n) is 21.6. The van der Waals surface area contributed by atoms with Gasteiger partial charge in [0.2, 0.25) is 16.4 Å². The third kappa shape index (κ3) is 7.03. The van der Waals surface area contributed by atoms with Gasteiger partial charge in [-0.15, -0.1) is 0 Å². The van der Waals surface area contributed by atoms with Crippen molar-refractivity contribution in [1.82, 2.24) is 10.3 Å². The van der Waals surface area contributed by atoms with E-state index >= 15 is 0 Å². The van der Waals surface area contributed by atoms with Gasteiger partial charge in [0.25, 0.3) is 0 Å². The van der Waals surface area contributed by atoms with Gasteiger partial charge < -0.3 is 19.9 Å². The predicted octanol–water partition coefficient (Wildman–Crippen LogP) is 4.13. The molecular weight excluding hydrogens is 492 g/mol. The van der Waals surface area contributed by atoms with Crippen LogP contribution in [0.15, 0.2) is 42.5 Å². The van der Waals surface area contributed by atoms with Crippen molar-refractivity contribution in [1.29, 1.82) is 0 Å². The lowest BCUT2D eigenvalue weighted by Crippen LogP contribution is -2.41. The normalized spacial score (nSPS) is 15.6. The lowest BCUT2D eigenvalue weighted by Gasteiger charge is -2.26. The van der Waals surface area contributed by atoms with Crippen molar-refractivity contribution in [3.8, 4) is 0 Å². The number of H-pyrrole nitrogens is 1. The van der Waals surface area contributed by atoms with Gasteiger partial charge in [-0.3, -0.25) is 9.52 Å². The molecule has 0 saturated heterocycles. The number of fused-ring (bicyclic) bond motifs is 3. The van der Waals surface area contributed by atoms with E-state index in [0.717, 1.165) is 58.9 Å². The monoisotopic (exact) mass is 526 g/mol. The molecular formula is C27H34N4O5S. The Labute approximate surface area is 217 Å². The molecule has 37 heavy (non-hydrogen) atoms. The molecule has 10 heteroatoms. The summed E-state index contributed by atoms with van der Waals surface area (Å²) in [5.74, 6) is 0. The average molecular weight is 527 g/mol. The van der Waals surface area contributed by atoms with Crippen LogP contribution in [0.2, 0.25) is 0 Å². The van der Waals surface area contributed by atoms with E-state index in [4.69, 9.17) is 4.74 Å². The molecule has 9 nitrogen and oxygen atoms in total. The van der Waals surface area contributed by atoms with Crippen molar-refractivity contribution in [2.75, 3.05) is 22.4 Å². The standard InChI is InChI=1S/C27H34N4O5S/c1-27(2,3)36-26(33)28-20-9-11-24-22(15-20)23-16-21(10-12-25(23)29-24)31(17-32)14-13-18-5-7-19(8-6-18)30-37(4,34)35/h5-8,10,12,16-17,20,29-30H,9,11,13-15H2,1-4H3,(H,28,33). The van der Waals surface area contributed by atoms with Gasteiger partial charge in [-0.2, -0.15) is 0 Å². The number of ether oxygens (including phenoxy) is 1. The van der Waals surface area contributed by atoms with Gasteiger partial charge in [0.15, 0.2) is 0 Å². The molecule has 1 atom stereocenters. The van der Waals surface area contributed by atoms with Crippen LogP contribution in [0.3, 0.4) is 0 Å². The third-order valence-electron chi connectivity index (χ3n) is 6.25. The summed E-state index contributed by atoms with van der Waals surface area (Å²) in [6.45, 7) is 6.01. The first-order valence-corrected chi connectivity index (χ1v) is 14.2. The quantitative estimate of drug-likeness (QED) is 0.381. The highest BCUT2D eigenvalue weighted by molar-refractivity contribution is 7.92. The number of rotatable bonds is 8. The summed E-state index contributed by atoms with van der Waals surface area (Å²) in [7, 11) is -3.33. The Kier molecular flexibility index (Phi) is 7.49. The Morgan fingerprint density at radius 3 is 2.57 bits per heavy atom. The van der Waals surface area contributed by atoms with Gasteiger partial charge in [0, 0.05) is 40.6 Å². The number of benzene rings is 2. The van der Waals surface area contributed by atoms with E-state index in [1.807, 2.05) is 51.1 Å². The van der Waals surface area contributed by atoms with Crippen LogP contribution in [-0.4, -0.2) is 50.3 Å². The Morgan fingerprint density at radius 1 is 1.19 bits per heavy atom. The maximum Gasteiger partial charge on any atom is 0.407 e. The number of carbonyl (C=O) groups is 2. The molecule has 0 fully saturated rings. The number of aromatic nitrogens is 1. The third-order valence-corrected chi connectivity index (χ3v) is 6.86. The Balaban J connectivity index is 1.46. The summed E-state index contributed by atoms with van der Waals surface area (Å²) >= 11 is 0. The van der Waals surface area contributed by atoms with E-state index in [1.54, 1.807) is 17.0 Å². The molecule has 1 aromatic heterocycles. The Hall–Kier alpha value is -3.53. The van der Waals surface area contributed by atoms with Crippen molar-refractivity contribution >= 4 is 44.8 Å². The van der Waals surface area contributed by atoms with Crippen LogP contribution in [0, 0.1) is 0 Å². The van der Waals surface area contributed by atoms with Crippen LogP contribution in [-0.2, 0) is 38.8 Å². The largest absolute Gasteiger partial charge is 0.444 e. The number of carbonyl (C=O) groups excluding carboxylic acids is 2. The van der Waals surface area contributed by atoms with Crippen molar-refractivity contribution in [3.63, 3.8) is 0 Å². The van der Waals surface area contributed by atoms with E-state index in [1.165, 1.54) is 0 Å². The zero-order chi connectivity index (χ0) is 26.8.